The van der Waals surface area contributed by atoms with E-state index in [4.69, 9.17) is 14.0 Å². The first kappa shape index (κ1) is 14.9. The second-order valence-electron chi connectivity index (χ2n) is 4.21. The SMILES string of the molecule is COCc1cc(COc2ccc([N+](=O)[O-])cc2CO)no1. The number of benzene rings is 1. The molecule has 0 bridgehead atoms. The number of rotatable bonds is 7. The number of nitro benzene ring substituents is 1. The molecule has 0 aliphatic carbocycles. The van der Waals surface area contributed by atoms with Crippen LogP contribution in [0.15, 0.2) is 28.8 Å². The third-order valence-corrected chi connectivity index (χ3v) is 2.70. The molecule has 8 heteroatoms. The minimum atomic E-state index is -0.530. The maximum absolute atomic E-state index is 10.7. The van der Waals surface area contributed by atoms with Crippen LogP contribution in [0.4, 0.5) is 5.69 Å². The summed E-state index contributed by atoms with van der Waals surface area (Å²) in [5, 5.41) is 23.7. The van der Waals surface area contributed by atoms with Crippen molar-refractivity contribution in [1.29, 1.82) is 0 Å². The van der Waals surface area contributed by atoms with Gasteiger partial charge in [0.15, 0.2) is 5.76 Å². The molecule has 0 saturated heterocycles. The average Bonchev–Trinajstić information content (AvgIpc) is 2.93. The molecule has 0 spiro atoms. The lowest BCUT2D eigenvalue weighted by Gasteiger charge is -2.08. The quantitative estimate of drug-likeness (QED) is 0.612. The van der Waals surface area contributed by atoms with Crippen LogP contribution in [0.3, 0.4) is 0 Å². The van der Waals surface area contributed by atoms with Gasteiger partial charge >= 0.3 is 0 Å². The van der Waals surface area contributed by atoms with E-state index in [1.807, 2.05) is 0 Å². The summed E-state index contributed by atoms with van der Waals surface area (Å²) in [4.78, 5) is 10.1. The predicted octanol–water partition coefficient (Wildman–Crippen LogP) is 1.80. The Labute approximate surface area is 120 Å². The highest BCUT2D eigenvalue weighted by atomic mass is 16.6. The van der Waals surface area contributed by atoms with Crippen LogP contribution in [0.25, 0.3) is 0 Å². The number of aliphatic hydroxyl groups excluding tert-OH is 1. The summed E-state index contributed by atoms with van der Waals surface area (Å²) in [6, 6.07) is 5.72. The monoisotopic (exact) mass is 294 g/mol. The number of methoxy groups -OCH3 is 1. The first-order valence-corrected chi connectivity index (χ1v) is 6.08. The van der Waals surface area contributed by atoms with Crippen molar-refractivity contribution in [3.63, 3.8) is 0 Å². The molecule has 1 aromatic carbocycles. The molecule has 0 fully saturated rings. The summed E-state index contributed by atoms with van der Waals surface area (Å²) in [6.07, 6.45) is 0. The maximum Gasteiger partial charge on any atom is 0.270 e. The second-order valence-corrected chi connectivity index (χ2v) is 4.21. The van der Waals surface area contributed by atoms with E-state index in [9.17, 15) is 15.2 Å². The molecule has 8 nitrogen and oxygen atoms in total. The molecule has 0 amide bonds. The first-order valence-electron chi connectivity index (χ1n) is 6.08. The number of hydrogen-bond acceptors (Lipinski definition) is 7. The van der Waals surface area contributed by atoms with Crippen molar-refractivity contribution in [3.8, 4) is 5.75 Å². The van der Waals surface area contributed by atoms with Crippen LogP contribution in [-0.4, -0.2) is 22.3 Å². The van der Waals surface area contributed by atoms with E-state index in [1.165, 1.54) is 18.2 Å². The standard InChI is InChI=1S/C13H14N2O6/c1-19-8-12-5-10(14-21-12)7-20-13-3-2-11(15(17)18)4-9(13)6-16/h2-5,16H,6-8H2,1H3. The van der Waals surface area contributed by atoms with Gasteiger partial charge in [0, 0.05) is 30.9 Å². The van der Waals surface area contributed by atoms with Crippen LogP contribution in [0.1, 0.15) is 17.0 Å². The van der Waals surface area contributed by atoms with E-state index >= 15 is 0 Å². The molecule has 0 radical (unpaired) electrons. The lowest BCUT2D eigenvalue weighted by atomic mass is 10.2. The van der Waals surface area contributed by atoms with Gasteiger partial charge < -0.3 is 19.1 Å². The third-order valence-electron chi connectivity index (χ3n) is 2.70. The fourth-order valence-electron chi connectivity index (χ4n) is 1.73. The molecule has 2 aromatic rings. The van der Waals surface area contributed by atoms with Crippen molar-refractivity contribution in [2.45, 2.75) is 19.8 Å². The highest BCUT2D eigenvalue weighted by Crippen LogP contribution is 2.25. The van der Waals surface area contributed by atoms with Gasteiger partial charge in [-0.05, 0) is 6.07 Å². The van der Waals surface area contributed by atoms with Gasteiger partial charge in [-0.25, -0.2) is 0 Å². The van der Waals surface area contributed by atoms with Crippen LogP contribution in [0.5, 0.6) is 5.75 Å². The van der Waals surface area contributed by atoms with Crippen LogP contribution in [0.2, 0.25) is 0 Å². The Bertz CT molecular complexity index is 625. The molecule has 0 aliphatic rings. The van der Waals surface area contributed by atoms with Crippen molar-refractivity contribution in [2.24, 2.45) is 0 Å². The van der Waals surface area contributed by atoms with Crippen LogP contribution in [0, 0.1) is 10.1 Å². The molecule has 0 atom stereocenters. The second kappa shape index (κ2) is 6.82. The summed E-state index contributed by atoms with van der Waals surface area (Å²) in [7, 11) is 1.54. The van der Waals surface area contributed by atoms with E-state index in [-0.39, 0.29) is 18.9 Å². The number of ether oxygens (including phenoxy) is 2. The van der Waals surface area contributed by atoms with Gasteiger partial charge in [0.25, 0.3) is 5.69 Å². The Kier molecular flexibility index (Phi) is 4.85. The molecular weight excluding hydrogens is 280 g/mol. The highest BCUT2D eigenvalue weighted by molar-refractivity contribution is 5.43. The summed E-state index contributed by atoms with van der Waals surface area (Å²) in [5.41, 5.74) is 0.796. The Morgan fingerprint density at radius 1 is 1.38 bits per heavy atom. The van der Waals surface area contributed by atoms with E-state index in [0.717, 1.165) is 0 Å². The zero-order chi connectivity index (χ0) is 15.2. The van der Waals surface area contributed by atoms with E-state index in [0.29, 0.717) is 29.4 Å². The largest absolute Gasteiger partial charge is 0.487 e. The van der Waals surface area contributed by atoms with Crippen LogP contribution < -0.4 is 4.74 Å². The molecule has 1 N–H and O–H groups in total. The Morgan fingerprint density at radius 2 is 2.19 bits per heavy atom. The van der Waals surface area contributed by atoms with Gasteiger partial charge in [0.2, 0.25) is 0 Å². The van der Waals surface area contributed by atoms with Crippen LogP contribution >= 0.6 is 0 Å². The van der Waals surface area contributed by atoms with Crippen molar-refractivity contribution >= 4 is 5.69 Å². The number of nitro groups is 1. The van der Waals surface area contributed by atoms with E-state index in [1.54, 1.807) is 13.2 Å². The maximum atomic E-state index is 10.7. The number of aliphatic hydroxyl groups is 1. The predicted molar refractivity (Wildman–Crippen MR) is 70.6 cm³/mol. The number of non-ortho nitro benzene ring substituents is 1. The molecule has 0 saturated carbocycles. The smallest absolute Gasteiger partial charge is 0.270 e. The number of nitrogens with zero attached hydrogens (tertiary/aromatic N) is 2. The van der Waals surface area contributed by atoms with Crippen molar-refractivity contribution in [1.82, 2.24) is 5.16 Å². The molecule has 2 rings (SSSR count). The van der Waals surface area contributed by atoms with Gasteiger partial charge in [-0.3, -0.25) is 10.1 Å². The molecule has 1 aromatic heterocycles. The Morgan fingerprint density at radius 3 is 2.86 bits per heavy atom. The molecule has 1 heterocycles. The van der Waals surface area contributed by atoms with Crippen LogP contribution in [-0.2, 0) is 24.6 Å². The normalized spacial score (nSPS) is 10.6. The Balaban J connectivity index is 2.06. The zero-order valence-electron chi connectivity index (χ0n) is 11.3. The van der Waals surface area contributed by atoms with Gasteiger partial charge in [-0.1, -0.05) is 5.16 Å². The summed E-state index contributed by atoms with van der Waals surface area (Å²) >= 11 is 0. The lowest BCUT2D eigenvalue weighted by Crippen LogP contribution is -2.00. The topological polar surface area (TPSA) is 108 Å². The Hall–Kier alpha value is -2.45. The molecular formula is C13H14N2O6. The number of aromatic nitrogens is 1. The molecule has 21 heavy (non-hydrogen) atoms. The fourth-order valence-corrected chi connectivity index (χ4v) is 1.73. The fraction of sp³-hybridized carbons (Fsp3) is 0.308. The lowest BCUT2D eigenvalue weighted by molar-refractivity contribution is -0.385. The highest BCUT2D eigenvalue weighted by Gasteiger charge is 2.12. The van der Waals surface area contributed by atoms with Crippen molar-refractivity contribution in [3.05, 3.63) is 51.4 Å². The summed E-state index contributed by atoms with van der Waals surface area (Å²) in [6.45, 7) is 0.0786. The van der Waals surface area contributed by atoms with Gasteiger partial charge in [-0.15, -0.1) is 0 Å². The summed E-state index contributed by atoms with van der Waals surface area (Å²) < 4.78 is 15.4. The average molecular weight is 294 g/mol. The number of hydrogen-bond donors (Lipinski definition) is 1. The van der Waals surface area contributed by atoms with E-state index < -0.39 is 4.92 Å². The summed E-state index contributed by atoms with van der Waals surface area (Å²) in [5.74, 6) is 0.932. The first-order chi connectivity index (χ1) is 10.1. The minimum Gasteiger partial charge on any atom is -0.487 e. The molecule has 0 unspecified atom stereocenters. The van der Waals surface area contributed by atoms with Crippen molar-refractivity contribution < 1.29 is 24.0 Å². The van der Waals surface area contributed by atoms with Crippen molar-refractivity contribution in [2.75, 3.05) is 7.11 Å². The van der Waals surface area contributed by atoms with E-state index in [2.05, 4.69) is 5.16 Å². The molecule has 112 valence electrons. The van der Waals surface area contributed by atoms with Gasteiger partial charge in [-0.2, -0.15) is 0 Å². The molecule has 0 aliphatic heterocycles. The zero-order valence-corrected chi connectivity index (χ0v) is 11.3. The van der Waals surface area contributed by atoms with Gasteiger partial charge in [0.05, 0.1) is 11.5 Å². The van der Waals surface area contributed by atoms with Gasteiger partial charge in [0.1, 0.15) is 24.7 Å². The third kappa shape index (κ3) is 3.77. The minimum absolute atomic E-state index is 0.102.